The van der Waals surface area contributed by atoms with E-state index < -0.39 is 0 Å². The van der Waals surface area contributed by atoms with Gasteiger partial charge in [0, 0.05) is 22.2 Å². The molecular weight excluding hydrogens is 448 g/mol. The number of esters is 1. The van der Waals surface area contributed by atoms with E-state index in [0.29, 0.717) is 33.7 Å². The van der Waals surface area contributed by atoms with Gasteiger partial charge in [0.25, 0.3) is 5.91 Å². The van der Waals surface area contributed by atoms with Crippen LogP contribution in [0, 0.1) is 0 Å². The van der Waals surface area contributed by atoms with Gasteiger partial charge in [0.15, 0.2) is 5.13 Å². The van der Waals surface area contributed by atoms with Gasteiger partial charge in [0.05, 0.1) is 30.0 Å². The highest BCUT2D eigenvalue weighted by Crippen LogP contribution is 2.27. The molecule has 0 spiro atoms. The minimum absolute atomic E-state index is 0.0577. The van der Waals surface area contributed by atoms with E-state index in [2.05, 4.69) is 15.4 Å². The monoisotopic (exact) mass is 466 g/mol. The molecule has 0 unspecified atom stereocenters. The number of nitrogens with one attached hydrogen (secondary N) is 1. The molecule has 9 heteroatoms. The predicted octanol–water partition coefficient (Wildman–Crippen LogP) is 5.01. The highest BCUT2D eigenvalue weighted by molar-refractivity contribution is 7.14. The Morgan fingerprint density at radius 3 is 2.59 bits per heavy atom. The fraction of sp³-hybridized carbons (Fsp3) is 0.130. The van der Waals surface area contributed by atoms with Gasteiger partial charge in [0.1, 0.15) is 5.69 Å². The van der Waals surface area contributed by atoms with Crippen molar-refractivity contribution in [3.63, 3.8) is 0 Å². The maximum absolute atomic E-state index is 13.1. The highest BCUT2D eigenvalue weighted by Gasteiger charge is 2.20. The number of hydrogen-bond acceptors (Lipinski definition) is 6. The third-order valence-electron chi connectivity index (χ3n) is 4.50. The van der Waals surface area contributed by atoms with Crippen LogP contribution in [0.2, 0.25) is 5.02 Å². The topological polar surface area (TPSA) is 86.1 Å². The first-order valence-electron chi connectivity index (χ1n) is 9.86. The summed E-state index contributed by atoms with van der Waals surface area (Å²) in [6.07, 6.45) is 1.74. The van der Waals surface area contributed by atoms with E-state index in [-0.39, 0.29) is 18.3 Å². The minimum Gasteiger partial charge on any atom is -0.466 e. The molecule has 0 saturated carbocycles. The van der Waals surface area contributed by atoms with Crippen LogP contribution in [0.4, 0.5) is 5.13 Å². The molecule has 2 heterocycles. The lowest BCUT2D eigenvalue weighted by Gasteiger charge is -2.03. The second-order valence-corrected chi connectivity index (χ2v) is 8.05. The minimum atomic E-state index is -0.357. The smallest absolute Gasteiger partial charge is 0.311 e. The fourth-order valence-electron chi connectivity index (χ4n) is 3.04. The summed E-state index contributed by atoms with van der Waals surface area (Å²) in [7, 11) is 0. The Kier molecular flexibility index (Phi) is 6.63. The first-order valence-corrected chi connectivity index (χ1v) is 11.1. The lowest BCUT2D eigenvalue weighted by atomic mass is 10.1. The lowest BCUT2D eigenvalue weighted by Crippen LogP contribution is -2.12. The SMILES string of the molecule is CCOC(=O)Cc1csc(NC(=O)c2cn(-c3ccccc3)nc2-c2ccc(Cl)cc2)n1. The van der Waals surface area contributed by atoms with Crippen molar-refractivity contribution in [2.45, 2.75) is 13.3 Å². The molecule has 32 heavy (non-hydrogen) atoms. The largest absolute Gasteiger partial charge is 0.466 e. The van der Waals surface area contributed by atoms with Crippen molar-refractivity contribution in [3.05, 3.63) is 82.5 Å². The molecule has 0 radical (unpaired) electrons. The molecule has 4 aromatic rings. The number of halogens is 1. The number of amides is 1. The first-order chi connectivity index (χ1) is 15.5. The Bertz CT molecular complexity index is 1240. The van der Waals surface area contributed by atoms with Crippen molar-refractivity contribution in [1.29, 1.82) is 0 Å². The van der Waals surface area contributed by atoms with E-state index in [1.807, 2.05) is 42.5 Å². The number of aromatic nitrogens is 3. The predicted molar refractivity (Wildman–Crippen MR) is 124 cm³/mol. The summed E-state index contributed by atoms with van der Waals surface area (Å²) in [5, 5.41) is 10.2. The number of benzene rings is 2. The van der Waals surface area contributed by atoms with Gasteiger partial charge in [0.2, 0.25) is 0 Å². The van der Waals surface area contributed by atoms with E-state index in [0.717, 1.165) is 11.3 Å². The van der Waals surface area contributed by atoms with Crippen LogP contribution in [0.5, 0.6) is 0 Å². The molecule has 2 aromatic carbocycles. The number of carbonyl (C=O) groups is 2. The maximum Gasteiger partial charge on any atom is 0.311 e. The van der Waals surface area contributed by atoms with Crippen LogP contribution < -0.4 is 5.32 Å². The van der Waals surface area contributed by atoms with Crippen LogP contribution in [0.15, 0.2) is 66.2 Å². The summed E-state index contributed by atoms with van der Waals surface area (Å²) in [6.45, 7) is 2.06. The molecule has 0 aliphatic rings. The summed E-state index contributed by atoms with van der Waals surface area (Å²) in [5.74, 6) is -0.709. The summed E-state index contributed by atoms with van der Waals surface area (Å²) < 4.78 is 6.60. The molecular formula is C23H19ClN4O3S. The van der Waals surface area contributed by atoms with Gasteiger partial charge < -0.3 is 4.74 Å². The Labute approximate surface area is 193 Å². The molecule has 4 rings (SSSR count). The van der Waals surface area contributed by atoms with E-state index in [1.54, 1.807) is 35.3 Å². The van der Waals surface area contributed by atoms with Crippen LogP contribution in [0.25, 0.3) is 16.9 Å². The van der Waals surface area contributed by atoms with Crippen molar-refractivity contribution in [2.24, 2.45) is 0 Å². The number of carbonyl (C=O) groups excluding carboxylic acids is 2. The Morgan fingerprint density at radius 2 is 1.88 bits per heavy atom. The summed E-state index contributed by atoms with van der Waals surface area (Å²) in [4.78, 5) is 29.1. The normalized spacial score (nSPS) is 10.7. The van der Waals surface area contributed by atoms with E-state index in [4.69, 9.17) is 16.3 Å². The van der Waals surface area contributed by atoms with Gasteiger partial charge in [-0.2, -0.15) is 5.10 Å². The van der Waals surface area contributed by atoms with Crippen molar-refractivity contribution in [3.8, 4) is 16.9 Å². The van der Waals surface area contributed by atoms with Crippen molar-refractivity contribution in [1.82, 2.24) is 14.8 Å². The van der Waals surface area contributed by atoms with Gasteiger partial charge in [-0.15, -0.1) is 11.3 Å². The van der Waals surface area contributed by atoms with Crippen LogP contribution in [-0.2, 0) is 16.0 Å². The summed E-state index contributed by atoms with van der Waals surface area (Å²) >= 11 is 7.27. The van der Waals surface area contributed by atoms with E-state index in [1.165, 1.54) is 11.3 Å². The highest BCUT2D eigenvalue weighted by atomic mass is 35.5. The number of anilines is 1. The summed E-state index contributed by atoms with van der Waals surface area (Å²) in [5.41, 5.74) is 3.04. The second-order valence-electron chi connectivity index (χ2n) is 6.76. The molecule has 0 saturated heterocycles. The first kappa shape index (κ1) is 21.7. The maximum atomic E-state index is 13.1. The van der Waals surface area contributed by atoms with Gasteiger partial charge in [-0.05, 0) is 31.2 Å². The zero-order chi connectivity index (χ0) is 22.5. The zero-order valence-corrected chi connectivity index (χ0v) is 18.7. The molecule has 2 aromatic heterocycles. The van der Waals surface area contributed by atoms with Crippen molar-refractivity contribution in [2.75, 3.05) is 11.9 Å². The van der Waals surface area contributed by atoms with Crippen LogP contribution >= 0.6 is 22.9 Å². The number of ether oxygens (including phenoxy) is 1. The third-order valence-corrected chi connectivity index (χ3v) is 5.56. The zero-order valence-electron chi connectivity index (χ0n) is 17.1. The molecule has 0 aliphatic carbocycles. The number of hydrogen-bond donors (Lipinski definition) is 1. The molecule has 7 nitrogen and oxygen atoms in total. The molecule has 1 N–H and O–H groups in total. The van der Waals surface area contributed by atoms with Crippen molar-refractivity contribution < 1.29 is 14.3 Å². The van der Waals surface area contributed by atoms with Gasteiger partial charge in [-0.3, -0.25) is 14.9 Å². The fourth-order valence-corrected chi connectivity index (χ4v) is 3.88. The van der Waals surface area contributed by atoms with Crippen LogP contribution in [-0.4, -0.2) is 33.2 Å². The van der Waals surface area contributed by atoms with E-state index >= 15 is 0 Å². The molecule has 0 bridgehead atoms. The molecule has 162 valence electrons. The Balaban J connectivity index is 1.62. The Hall–Kier alpha value is -3.49. The molecule has 0 aliphatic heterocycles. The quantitative estimate of drug-likeness (QED) is 0.387. The Morgan fingerprint density at radius 1 is 1.12 bits per heavy atom. The average Bonchev–Trinajstić information content (AvgIpc) is 3.42. The van der Waals surface area contributed by atoms with Gasteiger partial charge in [-0.25, -0.2) is 9.67 Å². The molecule has 0 fully saturated rings. The van der Waals surface area contributed by atoms with Gasteiger partial charge >= 0.3 is 5.97 Å². The van der Waals surface area contributed by atoms with E-state index in [9.17, 15) is 9.59 Å². The number of nitrogens with zero attached hydrogens (tertiary/aromatic N) is 3. The summed E-state index contributed by atoms with van der Waals surface area (Å²) in [6, 6.07) is 16.7. The molecule has 0 atom stereocenters. The number of para-hydroxylation sites is 1. The number of thiazole rings is 1. The van der Waals surface area contributed by atoms with Crippen LogP contribution in [0.3, 0.4) is 0 Å². The average molecular weight is 467 g/mol. The van der Waals surface area contributed by atoms with Crippen LogP contribution in [0.1, 0.15) is 23.0 Å². The third kappa shape index (κ3) is 5.04. The lowest BCUT2D eigenvalue weighted by molar-refractivity contribution is -0.142. The van der Waals surface area contributed by atoms with Gasteiger partial charge in [-0.1, -0.05) is 41.9 Å². The standard InChI is InChI=1S/C23H19ClN4O3S/c1-2-31-20(29)12-17-14-32-23(25-17)26-22(30)19-13-28(18-6-4-3-5-7-18)27-21(19)15-8-10-16(24)11-9-15/h3-11,13-14H,2,12H2,1H3,(H,25,26,30). The van der Waals surface area contributed by atoms with Crippen molar-refractivity contribution >= 4 is 39.9 Å². The number of rotatable bonds is 7. The molecule has 1 amide bonds. The second kappa shape index (κ2) is 9.76.